The van der Waals surface area contributed by atoms with Crippen LogP contribution in [0.4, 0.5) is 0 Å². The minimum absolute atomic E-state index is 0.450. The molecule has 1 heterocycles. The molecule has 0 bridgehead atoms. The van der Waals surface area contributed by atoms with Gasteiger partial charge in [-0.15, -0.1) is 0 Å². The first-order chi connectivity index (χ1) is 12.2. The van der Waals surface area contributed by atoms with E-state index < -0.39 is 0 Å². The topological polar surface area (TPSA) is 71.7 Å². The van der Waals surface area contributed by atoms with Crippen molar-refractivity contribution in [3.63, 3.8) is 0 Å². The number of hydrogen-bond acceptors (Lipinski definition) is 4. The van der Waals surface area contributed by atoms with Crippen molar-refractivity contribution in [2.45, 2.75) is 33.2 Å². The summed E-state index contributed by atoms with van der Waals surface area (Å²) in [5.74, 6) is 2.25. The number of ether oxygens (including phenoxy) is 1. The average Bonchev–Trinajstić information content (AvgIpc) is 3.09. The van der Waals surface area contributed by atoms with Gasteiger partial charge in [0, 0.05) is 24.2 Å². The molecule has 0 spiro atoms. The number of guanidine groups is 1. The van der Waals surface area contributed by atoms with Gasteiger partial charge >= 0.3 is 0 Å². The SMILES string of the molecule is CCNC(=NCc1cc(CC)no1)NCCc1ccc(OC)cc1Cl. The van der Waals surface area contributed by atoms with E-state index in [1.54, 1.807) is 7.11 Å². The number of nitrogens with zero attached hydrogens (tertiary/aromatic N) is 2. The molecule has 2 rings (SSSR count). The van der Waals surface area contributed by atoms with Gasteiger partial charge in [0.05, 0.1) is 12.8 Å². The summed E-state index contributed by atoms with van der Waals surface area (Å²) in [4.78, 5) is 4.52. The number of nitrogens with one attached hydrogen (secondary N) is 2. The lowest BCUT2D eigenvalue weighted by Gasteiger charge is -2.12. The van der Waals surface area contributed by atoms with Crippen LogP contribution in [0.3, 0.4) is 0 Å². The summed E-state index contributed by atoms with van der Waals surface area (Å²) in [5, 5.41) is 11.2. The number of rotatable bonds is 8. The Morgan fingerprint density at radius 2 is 2.12 bits per heavy atom. The third-order valence-corrected chi connectivity index (χ3v) is 4.01. The summed E-state index contributed by atoms with van der Waals surface area (Å²) in [6.07, 6.45) is 1.64. The molecule has 1 aromatic carbocycles. The largest absolute Gasteiger partial charge is 0.497 e. The fourth-order valence-corrected chi connectivity index (χ4v) is 2.53. The lowest BCUT2D eigenvalue weighted by Crippen LogP contribution is -2.38. The van der Waals surface area contributed by atoms with Crippen molar-refractivity contribution >= 4 is 17.6 Å². The lowest BCUT2D eigenvalue weighted by atomic mass is 10.1. The van der Waals surface area contributed by atoms with E-state index in [1.165, 1.54) is 0 Å². The predicted molar refractivity (Wildman–Crippen MR) is 100 cm³/mol. The van der Waals surface area contributed by atoms with E-state index in [2.05, 4.69) is 20.8 Å². The molecule has 0 aliphatic rings. The highest BCUT2D eigenvalue weighted by molar-refractivity contribution is 6.31. The molecule has 0 aliphatic heterocycles. The van der Waals surface area contributed by atoms with Crippen molar-refractivity contribution < 1.29 is 9.26 Å². The zero-order valence-corrected chi connectivity index (χ0v) is 15.7. The van der Waals surface area contributed by atoms with Gasteiger partial charge in [-0.05, 0) is 37.5 Å². The van der Waals surface area contributed by atoms with E-state index in [1.807, 2.05) is 38.1 Å². The molecule has 25 heavy (non-hydrogen) atoms. The van der Waals surface area contributed by atoms with Crippen LogP contribution < -0.4 is 15.4 Å². The summed E-state index contributed by atoms with van der Waals surface area (Å²) < 4.78 is 10.4. The zero-order chi connectivity index (χ0) is 18.1. The second kappa shape index (κ2) is 9.93. The minimum atomic E-state index is 0.450. The highest BCUT2D eigenvalue weighted by Crippen LogP contribution is 2.22. The summed E-state index contributed by atoms with van der Waals surface area (Å²) in [5.41, 5.74) is 2.01. The minimum Gasteiger partial charge on any atom is -0.497 e. The van der Waals surface area contributed by atoms with Gasteiger partial charge in [-0.25, -0.2) is 4.99 Å². The van der Waals surface area contributed by atoms with E-state index in [9.17, 15) is 0 Å². The summed E-state index contributed by atoms with van der Waals surface area (Å²) in [6.45, 7) is 6.02. The van der Waals surface area contributed by atoms with Crippen LogP contribution in [0.1, 0.15) is 30.9 Å². The van der Waals surface area contributed by atoms with Crippen molar-refractivity contribution in [1.29, 1.82) is 0 Å². The maximum atomic E-state index is 6.27. The molecular formula is C18H25ClN4O2. The van der Waals surface area contributed by atoms with Crippen molar-refractivity contribution in [2.24, 2.45) is 4.99 Å². The summed E-state index contributed by atoms with van der Waals surface area (Å²) in [7, 11) is 1.63. The molecule has 1 aromatic heterocycles. The number of hydrogen-bond donors (Lipinski definition) is 2. The molecule has 0 aliphatic carbocycles. The molecule has 2 N–H and O–H groups in total. The van der Waals surface area contributed by atoms with Crippen molar-refractivity contribution in [1.82, 2.24) is 15.8 Å². The second-order valence-electron chi connectivity index (χ2n) is 5.47. The van der Waals surface area contributed by atoms with Crippen molar-refractivity contribution in [3.8, 4) is 5.75 Å². The van der Waals surface area contributed by atoms with Crippen LogP contribution in [0, 0.1) is 0 Å². The first kappa shape index (κ1) is 19.1. The van der Waals surface area contributed by atoms with Gasteiger partial charge < -0.3 is 19.9 Å². The highest BCUT2D eigenvalue weighted by atomic mass is 35.5. The molecule has 136 valence electrons. The monoisotopic (exact) mass is 364 g/mol. The Morgan fingerprint density at radius 3 is 2.76 bits per heavy atom. The standard InChI is InChI=1S/C18H25ClN4O2/c1-4-14-10-16(25-23-14)12-22-18(20-5-2)21-9-8-13-6-7-15(24-3)11-17(13)19/h6-7,10-11H,4-5,8-9,12H2,1-3H3,(H2,20,21,22). The molecule has 0 unspecified atom stereocenters. The molecular weight excluding hydrogens is 340 g/mol. The van der Waals surface area contributed by atoms with Gasteiger partial charge in [-0.1, -0.05) is 29.7 Å². The normalized spacial score (nSPS) is 11.4. The highest BCUT2D eigenvalue weighted by Gasteiger charge is 2.05. The predicted octanol–water partition coefficient (Wildman–Crippen LogP) is 3.20. The van der Waals surface area contributed by atoms with Crippen LogP contribution in [0.2, 0.25) is 5.02 Å². The Bertz CT molecular complexity index is 700. The van der Waals surface area contributed by atoms with Gasteiger partial charge in [0.1, 0.15) is 12.3 Å². The fraction of sp³-hybridized carbons (Fsp3) is 0.444. The maximum Gasteiger partial charge on any atom is 0.191 e. The number of aromatic nitrogens is 1. The quantitative estimate of drug-likeness (QED) is 0.556. The molecule has 0 radical (unpaired) electrons. The van der Waals surface area contributed by atoms with Crippen molar-refractivity contribution in [3.05, 3.63) is 46.3 Å². The number of aryl methyl sites for hydroxylation is 1. The van der Waals surface area contributed by atoms with Crippen LogP contribution in [-0.4, -0.2) is 31.3 Å². The van der Waals surface area contributed by atoms with Crippen LogP contribution in [0.5, 0.6) is 5.75 Å². The van der Waals surface area contributed by atoms with E-state index >= 15 is 0 Å². The molecule has 7 heteroatoms. The fourth-order valence-electron chi connectivity index (χ4n) is 2.27. The van der Waals surface area contributed by atoms with Gasteiger partial charge in [0.2, 0.25) is 0 Å². The zero-order valence-electron chi connectivity index (χ0n) is 14.9. The van der Waals surface area contributed by atoms with E-state index in [4.69, 9.17) is 20.9 Å². The number of halogens is 1. The van der Waals surface area contributed by atoms with Crippen LogP contribution >= 0.6 is 11.6 Å². The van der Waals surface area contributed by atoms with Gasteiger partial charge in [0.25, 0.3) is 0 Å². The first-order valence-electron chi connectivity index (χ1n) is 8.45. The van der Waals surface area contributed by atoms with E-state index in [-0.39, 0.29) is 0 Å². The molecule has 0 atom stereocenters. The number of methoxy groups -OCH3 is 1. The van der Waals surface area contributed by atoms with Gasteiger partial charge in [-0.3, -0.25) is 0 Å². The Morgan fingerprint density at radius 1 is 1.28 bits per heavy atom. The maximum absolute atomic E-state index is 6.27. The summed E-state index contributed by atoms with van der Waals surface area (Å²) in [6, 6.07) is 7.65. The Balaban J connectivity index is 1.89. The first-order valence-corrected chi connectivity index (χ1v) is 8.83. The van der Waals surface area contributed by atoms with Crippen LogP contribution in [0.15, 0.2) is 33.8 Å². The molecule has 0 saturated heterocycles. The number of benzene rings is 1. The van der Waals surface area contributed by atoms with E-state index in [0.717, 1.165) is 48.1 Å². The molecule has 6 nitrogen and oxygen atoms in total. The van der Waals surface area contributed by atoms with Gasteiger partial charge in [0.15, 0.2) is 11.7 Å². The molecule has 0 saturated carbocycles. The third-order valence-electron chi connectivity index (χ3n) is 3.65. The Hall–Kier alpha value is -2.21. The van der Waals surface area contributed by atoms with E-state index in [0.29, 0.717) is 18.1 Å². The van der Waals surface area contributed by atoms with Crippen molar-refractivity contribution in [2.75, 3.05) is 20.2 Å². The smallest absolute Gasteiger partial charge is 0.191 e. The summed E-state index contributed by atoms with van der Waals surface area (Å²) >= 11 is 6.27. The average molecular weight is 365 g/mol. The Kier molecular flexibility index (Phi) is 7.60. The Labute approximate surface area is 153 Å². The molecule has 0 fully saturated rings. The lowest BCUT2D eigenvalue weighted by molar-refractivity contribution is 0.379. The second-order valence-corrected chi connectivity index (χ2v) is 5.87. The van der Waals surface area contributed by atoms with Crippen LogP contribution in [-0.2, 0) is 19.4 Å². The number of aliphatic imine (C=N–C) groups is 1. The van der Waals surface area contributed by atoms with Crippen LogP contribution in [0.25, 0.3) is 0 Å². The van der Waals surface area contributed by atoms with Gasteiger partial charge in [-0.2, -0.15) is 0 Å². The third kappa shape index (κ3) is 5.98. The molecule has 2 aromatic rings. The molecule has 0 amide bonds.